The second-order valence-corrected chi connectivity index (χ2v) is 5.47. The zero-order valence-corrected chi connectivity index (χ0v) is 12.3. The highest BCUT2D eigenvalue weighted by atomic mass is 16.5. The Morgan fingerprint density at radius 3 is 2.86 bits per heavy atom. The minimum Gasteiger partial charge on any atom is -0.496 e. The second-order valence-electron chi connectivity index (χ2n) is 5.47. The summed E-state index contributed by atoms with van der Waals surface area (Å²) in [6, 6.07) is 8.04. The highest BCUT2D eigenvalue weighted by molar-refractivity contribution is 5.41. The Morgan fingerprint density at radius 2 is 2.19 bits per heavy atom. The van der Waals surface area contributed by atoms with Gasteiger partial charge in [-0.15, -0.1) is 0 Å². The molecule has 0 bridgehead atoms. The summed E-state index contributed by atoms with van der Waals surface area (Å²) in [4.78, 5) is 12.2. The molecule has 1 aromatic carbocycles. The number of nitrogens with one attached hydrogen (secondary N) is 1. The topological polar surface area (TPSA) is 56.1 Å². The van der Waals surface area contributed by atoms with E-state index in [4.69, 9.17) is 4.74 Å². The first-order chi connectivity index (χ1) is 10.2. The molecule has 5 nitrogen and oxygen atoms in total. The lowest BCUT2D eigenvalue weighted by Crippen LogP contribution is -2.23. The minimum absolute atomic E-state index is 0.107. The summed E-state index contributed by atoms with van der Waals surface area (Å²) in [7, 11) is 1.63. The second kappa shape index (κ2) is 5.60. The summed E-state index contributed by atoms with van der Waals surface area (Å²) in [6.45, 7) is 2.43. The van der Waals surface area contributed by atoms with Crippen LogP contribution >= 0.6 is 0 Å². The summed E-state index contributed by atoms with van der Waals surface area (Å²) < 4.78 is 6.80. The molecule has 0 unspecified atom stereocenters. The number of hydrogen-bond donors (Lipinski definition) is 1. The fourth-order valence-electron chi connectivity index (χ4n) is 2.29. The van der Waals surface area contributed by atoms with E-state index in [9.17, 15) is 4.79 Å². The molecule has 0 atom stereocenters. The number of nitrogens with zero attached hydrogens (tertiary/aromatic N) is 2. The summed E-state index contributed by atoms with van der Waals surface area (Å²) in [5.74, 6) is 0.773. The van der Waals surface area contributed by atoms with Gasteiger partial charge in [0.25, 0.3) is 5.56 Å². The molecule has 0 radical (unpaired) electrons. The van der Waals surface area contributed by atoms with Crippen LogP contribution in [0.1, 0.15) is 24.0 Å². The molecule has 2 aromatic rings. The lowest BCUT2D eigenvalue weighted by atomic mass is 10.1. The van der Waals surface area contributed by atoms with Crippen molar-refractivity contribution < 1.29 is 4.74 Å². The van der Waals surface area contributed by atoms with E-state index in [1.54, 1.807) is 19.4 Å². The molecule has 1 N–H and O–H groups in total. The van der Waals surface area contributed by atoms with E-state index in [2.05, 4.69) is 10.4 Å². The van der Waals surface area contributed by atoms with Crippen molar-refractivity contribution in [1.29, 1.82) is 0 Å². The first-order valence-electron chi connectivity index (χ1n) is 7.13. The number of ether oxygens (including phenoxy) is 1. The van der Waals surface area contributed by atoms with Crippen molar-refractivity contribution in [1.82, 2.24) is 9.78 Å². The summed E-state index contributed by atoms with van der Waals surface area (Å²) in [5.41, 5.74) is 2.78. The fourth-order valence-corrected chi connectivity index (χ4v) is 2.29. The number of benzene rings is 1. The van der Waals surface area contributed by atoms with Crippen LogP contribution in [0.15, 0.2) is 35.3 Å². The average molecular weight is 285 g/mol. The van der Waals surface area contributed by atoms with Crippen LogP contribution < -0.4 is 15.6 Å². The van der Waals surface area contributed by atoms with Gasteiger partial charge in [-0.3, -0.25) is 4.79 Å². The van der Waals surface area contributed by atoms with Crippen LogP contribution in [-0.4, -0.2) is 22.9 Å². The van der Waals surface area contributed by atoms with Gasteiger partial charge in [0.1, 0.15) is 5.75 Å². The van der Waals surface area contributed by atoms with Crippen molar-refractivity contribution >= 4 is 5.69 Å². The van der Waals surface area contributed by atoms with Gasteiger partial charge in [0, 0.05) is 17.7 Å². The predicted octanol–water partition coefficient (Wildman–Crippen LogP) is 2.18. The number of anilines is 1. The van der Waals surface area contributed by atoms with E-state index in [1.807, 2.05) is 25.1 Å². The average Bonchev–Trinajstić information content (AvgIpc) is 3.26. The standard InChI is InChI=1S/C16H19N3O2/c1-11-3-6-15(21-2)12(7-11)10-19-16(20)8-14(9-17-19)18-13-4-5-13/h3,6-9,13,18H,4-5,10H2,1-2H3. The Bertz CT molecular complexity index is 705. The first-order valence-corrected chi connectivity index (χ1v) is 7.13. The molecular weight excluding hydrogens is 266 g/mol. The van der Waals surface area contributed by atoms with E-state index < -0.39 is 0 Å². The smallest absolute Gasteiger partial charge is 0.269 e. The van der Waals surface area contributed by atoms with Crippen LogP contribution in [0, 0.1) is 6.92 Å². The molecule has 1 fully saturated rings. The summed E-state index contributed by atoms with van der Waals surface area (Å²) in [6.07, 6.45) is 4.05. The van der Waals surface area contributed by atoms with Crippen molar-refractivity contribution in [2.24, 2.45) is 0 Å². The van der Waals surface area contributed by atoms with Crippen LogP contribution in [0.25, 0.3) is 0 Å². The Balaban J connectivity index is 1.84. The van der Waals surface area contributed by atoms with Gasteiger partial charge >= 0.3 is 0 Å². The van der Waals surface area contributed by atoms with Crippen molar-refractivity contribution in [3.8, 4) is 5.75 Å². The van der Waals surface area contributed by atoms with Gasteiger partial charge in [0.15, 0.2) is 0 Å². The molecule has 1 aromatic heterocycles. The van der Waals surface area contributed by atoms with E-state index in [0.29, 0.717) is 12.6 Å². The van der Waals surface area contributed by atoms with E-state index in [0.717, 1.165) is 22.6 Å². The maximum Gasteiger partial charge on any atom is 0.269 e. The van der Waals surface area contributed by atoms with E-state index >= 15 is 0 Å². The largest absolute Gasteiger partial charge is 0.496 e. The maximum absolute atomic E-state index is 12.2. The summed E-state index contributed by atoms with van der Waals surface area (Å²) in [5, 5.41) is 7.52. The summed E-state index contributed by atoms with van der Waals surface area (Å²) >= 11 is 0. The highest BCUT2D eigenvalue weighted by Crippen LogP contribution is 2.23. The van der Waals surface area contributed by atoms with E-state index in [-0.39, 0.29) is 5.56 Å². The number of hydrogen-bond acceptors (Lipinski definition) is 4. The maximum atomic E-state index is 12.2. The third kappa shape index (κ3) is 3.24. The van der Waals surface area contributed by atoms with Gasteiger partial charge in [-0.05, 0) is 25.8 Å². The quantitative estimate of drug-likeness (QED) is 0.915. The van der Waals surface area contributed by atoms with Crippen molar-refractivity contribution in [2.45, 2.75) is 32.4 Å². The minimum atomic E-state index is -0.107. The van der Waals surface area contributed by atoms with Gasteiger partial charge in [-0.1, -0.05) is 17.7 Å². The molecule has 1 aliphatic rings. The lowest BCUT2D eigenvalue weighted by molar-refractivity contribution is 0.406. The van der Waals surface area contributed by atoms with Gasteiger partial charge < -0.3 is 10.1 Å². The number of aryl methyl sites for hydroxylation is 1. The third-order valence-corrected chi connectivity index (χ3v) is 3.57. The van der Waals surface area contributed by atoms with Crippen molar-refractivity contribution in [3.05, 3.63) is 51.9 Å². The monoisotopic (exact) mass is 285 g/mol. The Labute approximate surface area is 123 Å². The Morgan fingerprint density at radius 1 is 1.38 bits per heavy atom. The van der Waals surface area contributed by atoms with E-state index in [1.165, 1.54) is 17.5 Å². The van der Waals surface area contributed by atoms with Crippen LogP contribution in [-0.2, 0) is 6.54 Å². The number of methoxy groups -OCH3 is 1. The zero-order valence-electron chi connectivity index (χ0n) is 12.3. The fraction of sp³-hybridized carbons (Fsp3) is 0.375. The molecule has 1 aliphatic carbocycles. The normalized spacial score (nSPS) is 14.0. The lowest BCUT2D eigenvalue weighted by Gasteiger charge is -2.11. The molecule has 0 saturated heterocycles. The molecule has 1 heterocycles. The third-order valence-electron chi connectivity index (χ3n) is 3.57. The molecule has 0 aliphatic heterocycles. The van der Waals surface area contributed by atoms with Crippen LogP contribution in [0.3, 0.4) is 0 Å². The zero-order chi connectivity index (χ0) is 14.8. The first kappa shape index (κ1) is 13.7. The van der Waals surface area contributed by atoms with Crippen molar-refractivity contribution in [3.63, 3.8) is 0 Å². The molecule has 0 amide bonds. The molecule has 0 spiro atoms. The Hall–Kier alpha value is -2.30. The Kier molecular flexibility index (Phi) is 3.64. The number of aromatic nitrogens is 2. The van der Waals surface area contributed by atoms with Gasteiger partial charge in [0.05, 0.1) is 25.5 Å². The molecule has 110 valence electrons. The predicted molar refractivity (Wildman–Crippen MR) is 82.0 cm³/mol. The molecule has 5 heteroatoms. The van der Waals surface area contributed by atoms with Crippen LogP contribution in [0.5, 0.6) is 5.75 Å². The highest BCUT2D eigenvalue weighted by Gasteiger charge is 2.21. The molecule has 1 saturated carbocycles. The van der Waals surface area contributed by atoms with Crippen LogP contribution in [0.4, 0.5) is 5.69 Å². The van der Waals surface area contributed by atoms with Crippen molar-refractivity contribution in [2.75, 3.05) is 12.4 Å². The van der Waals surface area contributed by atoms with Gasteiger partial charge in [0.2, 0.25) is 0 Å². The number of rotatable bonds is 5. The van der Waals surface area contributed by atoms with Gasteiger partial charge in [-0.25, -0.2) is 4.68 Å². The molecule has 3 rings (SSSR count). The molecule has 21 heavy (non-hydrogen) atoms. The SMILES string of the molecule is COc1ccc(C)cc1Cn1ncc(NC2CC2)cc1=O. The molecular formula is C16H19N3O2. The van der Waals surface area contributed by atoms with Gasteiger partial charge in [-0.2, -0.15) is 5.10 Å². The van der Waals surface area contributed by atoms with Crippen LogP contribution in [0.2, 0.25) is 0 Å².